The molecule has 2 atom stereocenters. The molecule has 18 nitrogen and oxygen atoms in total. The summed E-state index contributed by atoms with van der Waals surface area (Å²) in [6, 6.07) is 27.7. The molecule has 2 aliphatic heterocycles. The van der Waals surface area contributed by atoms with Crippen LogP contribution in [0.15, 0.2) is 141 Å². The van der Waals surface area contributed by atoms with Crippen LogP contribution in [0.25, 0.3) is 0 Å². The fourth-order valence-corrected chi connectivity index (χ4v) is 15.7. The molecule has 0 radical (unpaired) electrons. The van der Waals surface area contributed by atoms with Crippen LogP contribution in [0.2, 0.25) is 0 Å². The van der Waals surface area contributed by atoms with Crippen molar-refractivity contribution in [3.8, 4) is 0 Å². The second kappa shape index (κ2) is 23.3. The monoisotopic (exact) mass is 1130 g/mol. The van der Waals surface area contributed by atoms with Gasteiger partial charge in [-0.05, 0) is 109 Å². The van der Waals surface area contributed by atoms with Crippen LogP contribution in [0.4, 0.5) is 11.4 Å². The van der Waals surface area contributed by atoms with E-state index in [0.717, 1.165) is 46.1 Å². The van der Waals surface area contributed by atoms with E-state index in [1.165, 1.54) is 39.9 Å². The molecule has 0 spiro atoms. The Kier molecular flexibility index (Phi) is 17.9. The number of aliphatic hydroxyl groups is 2. The molecule has 2 N–H and O–H groups in total. The SMILES string of the molecule is CC(C)(O)c1ccc(N2CCN(S(=O)(=O)c3cccs3)C[C@@H]2CN(Cc2cccnc2)S(C)(=O)=O)cc1.CC(C)(O)c1ccc(N2CCN(S(=O)(=O)c3cccs3)C[C@@H]2CN(Cc2cccnc2)S(C)(=O)=O)cc1. The van der Waals surface area contributed by atoms with Gasteiger partial charge in [0.25, 0.3) is 20.0 Å². The van der Waals surface area contributed by atoms with Crippen molar-refractivity contribution in [1.82, 2.24) is 27.2 Å². The van der Waals surface area contributed by atoms with E-state index in [1.54, 1.807) is 99.6 Å². The van der Waals surface area contributed by atoms with Crippen molar-refractivity contribution < 1.29 is 43.9 Å². The fourth-order valence-electron chi connectivity index (χ4n) is 8.77. The lowest BCUT2D eigenvalue weighted by atomic mass is 9.98. The summed E-state index contributed by atoms with van der Waals surface area (Å²) in [6.45, 7) is 8.87. The number of sulfonamides is 4. The van der Waals surface area contributed by atoms with Crippen molar-refractivity contribution >= 4 is 74.1 Å². The molecule has 24 heteroatoms. The van der Waals surface area contributed by atoms with Crippen molar-refractivity contribution in [3.63, 3.8) is 0 Å². The van der Waals surface area contributed by atoms with Crippen molar-refractivity contribution in [2.24, 2.45) is 0 Å². The van der Waals surface area contributed by atoms with Gasteiger partial charge in [0.05, 0.1) is 35.8 Å². The number of hydrogen-bond donors (Lipinski definition) is 2. The summed E-state index contributed by atoms with van der Waals surface area (Å²) in [5, 5.41) is 24.1. The number of pyridine rings is 2. The summed E-state index contributed by atoms with van der Waals surface area (Å²) in [6.07, 6.45) is 8.83. The first-order valence-corrected chi connectivity index (χ1v) is 32.0. The van der Waals surface area contributed by atoms with Gasteiger partial charge in [0.2, 0.25) is 20.0 Å². The van der Waals surface area contributed by atoms with Crippen LogP contribution in [0.3, 0.4) is 0 Å². The van der Waals surface area contributed by atoms with Crippen LogP contribution >= 0.6 is 22.7 Å². The van der Waals surface area contributed by atoms with Crippen LogP contribution in [-0.4, -0.2) is 148 Å². The lowest BCUT2D eigenvalue weighted by Gasteiger charge is -2.43. The van der Waals surface area contributed by atoms with Crippen LogP contribution in [0, 0.1) is 0 Å². The number of hydrogen-bond acceptors (Lipinski definition) is 16. The van der Waals surface area contributed by atoms with E-state index in [2.05, 4.69) is 19.8 Å². The molecule has 2 aromatic carbocycles. The summed E-state index contributed by atoms with van der Waals surface area (Å²) in [5.74, 6) is 0. The van der Waals surface area contributed by atoms with Crippen molar-refractivity contribution in [2.75, 3.05) is 74.7 Å². The van der Waals surface area contributed by atoms with E-state index in [0.29, 0.717) is 13.1 Å². The third-order valence-corrected chi connectivity index (χ3v) is 21.7. The van der Waals surface area contributed by atoms with E-state index in [1.807, 2.05) is 60.7 Å². The summed E-state index contributed by atoms with van der Waals surface area (Å²) >= 11 is 2.33. The zero-order chi connectivity index (χ0) is 53.7. The molecule has 0 aliphatic carbocycles. The standard InChI is InChI=1S/2C25H32N4O5S3/c2*1-25(2,30)21-8-10-22(11-9-21)29-14-13-27(37(33,34)24-7-5-15-35-24)18-23(29)19-28(36(3,31)32)17-20-6-4-12-26-16-20/h2*4-12,15-16,23,30H,13-14,17-19H2,1-3H3/t2*23-/m11/s1. The number of benzene rings is 2. The Morgan fingerprint density at radius 2 is 0.905 bits per heavy atom. The third kappa shape index (κ3) is 14.4. The Morgan fingerprint density at radius 3 is 1.19 bits per heavy atom. The molecule has 8 rings (SSSR count). The lowest BCUT2D eigenvalue weighted by Crippen LogP contribution is -2.58. The quantitative estimate of drug-likeness (QED) is 0.110. The van der Waals surface area contributed by atoms with Crippen LogP contribution < -0.4 is 9.80 Å². The molecule has 2 aliphatic rings. The van der Waals surface area contributed by atoms with Crippen LogP contribution in [0.1, 0.15) is 49.9 Å². The fraction of sp³-hybridized carbons (Fsp3) is 0.400. The van der Waals surface area contributed by atoms with Gasteiger partial charge in [-0.1, -0.05) is 48.5 Å². The first-order chi connectivity index (χ1) is 34.7. The topological polar surface area (TPSA) is 222 Å². The minimum absolute atomic E-state index is 0.0947. The third-order valence-electron chi connectivity index (χ3n) is 12.8. The molecule has 0 unspecified atom stereocenters. The maximum absolute atomic E-state index is 13.3. The molecule has 6 heterocycles. The zero-order valence-electron chi connectivity index (χ0n) is 42.1. The highest BCUT2D eigenvalue weighted by atomic mass is 32.3. The number of thiophene rings is 2. The predicted octanol–water partition coefficient (Wildman–Crippen LogP) is 5.42. The van der Waals surface area contributed by atoms with E-state index in [4.69, 9.17) is 0 Å². The van der Waals surface area contributed by atoms with Gasteiger partial charge in [0.15, 0.2) is 0 Å². The first kappa shape index (κ1) is 57.0. The maximum atomic E-state index is 13.3. The highest BCUT2D eigenvalue weighted by Gasteiger charge is 2.39. The van der Waals surface area contributed by atoms with Crippen molar-refractivity contribution in [1.29, 1.82) is 0 Å². The van der Waals surface area contributed by atoms with Crippen molar-refractivity contribution in [2.45, 2.75) is 72.5 Å². The Morgan fingerprint density at radius 1 is 0.541 bits per heavy atom. The Hall–Kier alpha value is -4.70. The molecule has 4 aromatic heterocycles. The smallest absolute Gasteiger partial charge is 0.252 e. The molecule has 6 aromatic rings. The number of rotatable bonds is 18. The summed E-state index contributed by atoms with van der Waals surface area (Å²) in [4.78, 5) is 12.3. The van der Waals surface area contributed by atoms with Gasteiger partial charge >= 0.3 is 0 Å². The summed E-state index contributed by atoms with van der Waals surface area (Å²) in [5.41, 5.74) is 2.66. The van der Waals surface area contributed by atoms with Gasteiger partial charge in [-0.3, -0.25) is 9.97 Å². The first-order valence-electron chi connectivity index (χ1n) is 23.7. The minimum atomic E-state index is -3.70. The van der Waals surface area contributed by atoms with E-state index < -0.39 is 63.4 Å². The van der Waals surface area contributed by atoms with Gasteiger partial charge in [-0.15, -0.1) is 22.7 Å². The van der Waals surface area contributed by atoms with Gasteiger partial charge in [0, 0.05) is 102 Å². The minimum Gasteiger partial charge on any atom is -0.386 e. The largest absolute Gasteiger partial charge is 0.386 e. The lowest BCUT2D eigenvalue weighted by molar-refractivity contribution is 0.0780. The Labute approximate surface area is 444 Å². The molecular formula is C50H64N8O10S6. The maximum Gasteiger partial charge on any atom is 0.252 e. The van der Waals surface area contributed by atoms with Gasteiger partial charge < -0.3 is 20.0 Å². The van der Waals surface area contributed by atoms with Crippen molar-refractivity contribution in [3.05, 3.63) is 155 Å². The second-order valence-electron chi connectivity index (χ2n) is 19.3. The van der Waals surface area contributed by atoms with Gasteiger partial charge in [-0.2, -0.15) is 17.2 Å². The summed E-state index contributed by atoms with van der Waals surface area (Å²) < 4.78 is 111. The average Bonchev–Trinajstić information content (AvgIpc) is 4.11. The molecule has 74 heavy (non-hydrogen) atoms. The van der Waals surface area contributed by atoms with E-state index in [9.17, 15) is 43.9 Å². The number of anilines is 2. The molecule has 0 bridgehead atoms. The summed E-state index contributed by atoms with van der Waals surface area (Å²) in [7, 11) is -14.6. The molecule has 400 valence electrons. The molecule has 2 fully saturated rings. The normalized spacial score (nSPS) is 17.9. The second-order valence-corrected chi connectivity index (χ2v) is 29.5. The molecule has 0 saturated carbocycles. The van der Waals surface area contributed by atoms with Crippen LogP contribution in [0.5, 0.6) is 0 Å². The Balaban J connectivity index is 0.000000216. The zero-order valence-corrected chi connectivity index (χ0v) is 47.0. The number of piperazine rings is 2. The molecule has 2 saturated heterocycles. The predicted molar refractivity (Wildman–Crippen MR) is 291 cm³/mol. The highest BCUT2D eigenvalue weighted by Crippen LogP contribution is 2.32. The number of aromatic nitrogens is 2. The van der Waals surface area contributed by atoms with Gasteiger partial charge in [0.1, 0.15) is 8.42 Å². The van der Waals surface area contributed by atoms with E-state index >= 15 is 0 Å². The van der Waals surface area contributed by atoms with Crippen LogP contribution in [-0.2, 0) is 64.4 Å². The molecule has 0 amide bonds. The highest BCUT2D eigenvalue weighted by molar-refractivity contribution is 7.91. The molecular weight excluding hydrogens is 1060 g/mol. The van der Waals surface area contributed by atoms with Gasteiger partial charge in [-0.25, -0.2) is 33.7 Å². The Bertz CT molecular complexity index is 3000. The number of nitrogens with zero attached hydrogens (tertiary/aromatic N) is 8. The van der Waals surface area contributed by atoms with E-state index in [-0.39, 0.29) is 60.8 Å². The average molecular weight is 1130 g/mol.